The Balaban J connectivity index is 1.95. The van der Waals surface area contributed by atoms with Crippen LogP contribution >= 0.6 is 0 Å². The molecule has 1 aliphatic heterocycles. The highest BCUT2D eigenvalue weighted by atomic mass is 16.7. The number of phenolic OH excluding ortho intramolecular Hbond substituents is 5. The summed E-state index contributed by atoms with van der Waals surface area (Å²) >= 11 is 0. The molecule has 3 aromatic rings. The van der Waals surface area contributed by atoms with E-state index in [2.05, 4.69) is 0 Å². The van der Waals surface area contributed by atoms with Crippen molar-refractivity contribution >= 4 is 11.0 Å². The summed E-state index contributed by atoms with van der Waals surface area (Å²) in [7, 11) is 0. The molecule has 0 saturated carbocycles. The van der Waals surface area contributed by atoms with Crippen molar-refractivity contribution in [2.75, 3.05) is 0 Å². The summed E-state index contributed by atoms with van der Waals surface area (Å²) in [6.07, 6.45) is -7.59. The van der Waals surface area contributed by atoms with Crippen LogP contribution in [0.5, 0.6) is 34.5 Å². The Labute approximate surface area is 184 Å². The van der Waals surface area contributed by atoms with Gasteiger partial charge in [-0.3, -0.25) is 4.79 Å². The predicted octanol–water partition coefficient (Wildman–Crippen LogP) is 0.194. The molecule has 0 unspecified atom stereocenters. The summed E-state index contributed by atoms with van der Waals surface area (Å²) in [5.74, 6) is -4.55. The highest BCUT2D eigenvalue weighted by molar-refractivity contribution is 5.88. The van der Waals surface area contributed by atoms with E-state index in [0.717, 1.165) is 24.3 Å². The average molecular weight is 464 g/mol. The van der Waals surface area contributed by atoms with Crippen LogP contribution in [0.4, 0.5) is 0 Å². The maximum Gasteiger partial charge on any atom is 0.239 e. The Morgan fingerprint density at radius 1 is 0.848 bits per heavy atom. The van der Waals surface area contributed by atoms with Gasteiger partial charge in [0.1, 0.15) is 40.8 Å². The fourth-order valence-corrected chi connectivity index (χ4v) is 3.53. The topological polar surface area (TPSA) is 211 Å². The van der Waals surface area contributed by atoms with Gasteiger partial charge in [-0.25, -0.2) is 0 Å². The minimum atomic E-state index is -1.80. The molecule has 12 nitrogen and oxygen atoms in total. The van der Waals surface area contributed by atoms with Crippen molar-refractivity contribution in [2.45, 2.75) is 37.6 Å². The normalized spacial score (nSPS) is 25.3. The summed E-state index contributed by atoms with van der Waals surface area (Å²) in [5, 5.41) is 79.1. The maximum atomic E-state index is 13.2. The zero-order chi connectivity index (χ0) is 24.2. The van der Waals surface area contributed by atoms with Crippen LogP contribution in [0.3, 0.4) is 0 Å². The molecule has 176 valence electrons. The summed E-state index contributed by atoms with van der Waals surface area (Å²) in [5.41, 5.74) is -1.45. The lowest BCUT2D eigenvalue weighted by molar-refractivity contribution is -0.268. The molecule has 8 N–H and O–H groups in total. The third-order valence-electron chi connectivity index (χ3n) is 5.29. The number of phenols is 5. The molecule has 5 atom stereocenters. The summed E-state index contributed by atoms with van der Waals surface area (Å²) < 4.78 is 16.5. The van der Waals surface area contributed by atoms with Crippen LogP contribution in [0, 0.1) is 0 Å². The number of hydrogen-bond donors (Lipinski definition) is 8. The van der Waals surface area contributed by atoms with Crippen LogP contribution in [0.1, 0.15) is 6.92 Å². The number of aliphatic hydroxyl groups excluding tert-OH is 3. The van der Waals surface area contributed by atoms with Crippen LogP contribution < -0.4 is 10.2 Å². The number of ether oxygens (including phenoxy) is 2. The highest BCUT2D eigenvalue weighted by Crippen LogP contribution is 2.43. The van der Waals surface area contributed by atoms with Gasteiger partial charge in [0.25, 0.3) is 0 Å². The standard InChI is InChI=1S/C21H20O12/c1-6-14(26)17(29)18(30)21(31-6)33-20-16(28)13-9(23)4-8(22)5-12(13)32-19(20)7-2-10(24)15(27)11(25)3-7/h2-6,14,17-18,21-27,29-30H,1H3/t6-,14-,17+,18+,21+/m0/s1. The first-order chi connectivity index (χ1) is 15.5. The van der Waals surface area contributed by atoms with E-state index in [1.54, 1.807) is 0 Å². The van der Waals surface area contributed by atoms with E-state index in [9.17, 15) is 45.6 Å². The first-order valence-electron chi connectivity index (χ1n) is 9.64. The Bertz CT molecular complexity index is 1260. The number of benzene rings is 2. The van der Waals surface area contributed by atoms with Gasteiger partial charge in [-0.1, -0.05) is 0 Å². The van der Waals surface area contributed by atoms with Crippen molar-refractivity contribution in [1.29, 1.82) is 0 Å². The molecule has 1 fully saturated rings. The second-order valence-corrected chi connectivity index (χ2v) is 7.59. The van der Waals surface area contributed by atoms with E-state index in [-0.39, 0.29) is 11.1 Å². The van der Waals surface area contributed by atoms with Crippen LogP contribution in [-0.4, -0.2) is 71.6 Å². The quantitative estimate of drug-likeness (QED) is 0.244. The van der Waals surface area contributed by atoms with Gasteiger partial charge >= 0.3 is 0 Å². The van der Waals surface area contributed by atoms with Crippen LogP contribution in [0.2, 0.25) is 0 Å². The van der Waals surface area contributed by atoms with Gasteiger partial charge in [-0.15, -0.1) is 0 Å². The van der Waals surface area contributed by atoms with E-state index < -0.39 is 81.8 Å². The second-order valence-electron chi connectivity index (χ2n) is 7.59. The lowest BCUT2D eigenvalue weighted by Crippen LogP contribution is -2.58. The maximum absolute atomic E-state index is 13.2. The molecule has 0 bridgehead atoms. The van der Waals surface area contributed by atoms with E-state index in [0.29, 0.717) is 0 Å². The molecule has 0 aliphatic carbocycles. The lowest BCUT2D eigenvalue weighted by atomic mass is 10.00. The summed E-state index contributed by atoms with van der Waals surface area (Å²) in [6.45, 7) is 1.39. The van der Waals surface area contributed by atoms with Gasteiger partial charge in [0, 0.05) is 17.7 Å². The second kappa shape index (κ2) is 8.01. The molecule has 12 heteroatoms. The Morgan fingerprint density at radius 2 is 1.48 bits per heavy atom. The molecule has 4 rings (SSSR count). The zero-order valence-corrected chi connectivity index (χ0v) is 16.9. The predicted molar refractivity (Wildman–Crippen MR) is 109 cm³/mol. The molecule has 0 amide bonds. The van der Waals surface area contributed by atoms with E-state index in [1.165, 1.54) is 6.92 Å². The van der Waals surface area contributed by atoms with Crippen molar-refractivity contribution in [3.63, 3.8) is 0 Å². The molecule has 1 saturated heterocycles. The molecule has 2 aromatic carbocycles. The fourth-order valence-electron chi connectivity index (χ4n) is 3.53. The van der Waals surface area contributed by atoms with Gasteiger partial charge in [0.15, 0.2) is 23.0 Å². The SMILES string of the molecule is C[C@@H]1O[C@H](Oc2c(-c3cc(O)c(O)c(O)c3)oc3cc(O)cc(O)c3c2=O)[C@H](O)[C@H](O)[C@H]1O. The molecule has 1 aromatic heterocycles. The number of aliphatic hydroxyl groups is 3. The number of rotatable bonds is 3. The Morgan fingerprint density at radius 3 is 2.12 bits per heavy atom. The fraction of sp³-hybridized carbons (Fsp3) is 0.286. The average Bonchev–Trinajstić information content (AvgIpc) is 2.74. The van der Waals surface area contributed by atoms with Gasteiger partial charge in [0.05, 0.1) is 6.10 Å². The van der Waals surface area contributed by atoms with E-state index in [1.807, 2.05) is 0 Å². The largest absolute Gasteiger partial charge is 0.508 e. The molecule has 0 spiro atoms. The third-order valence-corrected chi connectivity index (χ3v) is 5.29. The molecule has 0 radical (unpaired) electrons. The molecule has 33 heavy (non-hydrogen) atoms. The molecular formula is C21H20O12. The number of hydrogen-bond acceptors (Lipinski definition) is 12. The van der Waals surface area contributed by atoms with E-state index in [4.69, 9.17) is 13.9 Å². The van der Waals surface area contributed by atoms with Crippen molar-refractivity contribution < 1.29 is 54.7 Å². The van der Waals surface area contributed by atoms with Gasteiger partial charge in [0.2, 0.25) is 17.5 Å². The van der Waals surface area contributed by atoms with Crippen LogP contribution in [-0.2, 0) is 4.74 Å². The van der Waals surface area contributed by atoms with Gasteiger partial charge in [-0.2, -0.15) is 0 Å². The summed E-state index contributed by atoms with van der Waals surface area (Å²) in [4.78, 5) is 13.2. The lowest BCUT2D eigenvalue weighted by Gasteiger charge is -2.38. The number of aromatic hydroxyl groups is 5. The number of fused-ring (bicyclic) bond motifs is 1. The van der Waals surface area contributed by atoms with Crippen LogP contribution in [0.15, 0.2) is 33.5 Å². The third kappa shape index (κ3) is 3.74. The highest BCUT2D eigenvalue weighted by Gasteiger charge is 2.44. The van der Waals surface area contributed by atoms with E-state index >= 15 is 0 Å². The van der Waals surface area contributed by atoms with Crippen molar-refractivity contribution in [1.82, 2.24) is 0 Å². The molecule has 2 heterocycles. The van der Waals surface area contributed by atoms with Crippen molar-refractivity contribution in [3.05, 3.63) is 34.5 Å². The molecular weight excluding hydrogens is 444 g/mol. The van der Waals surface area contributed by atoms with Crippen molar-refractivity contribution in [3.8, 4) is 45.8 Å². The zero-order valence-electron chi connectivity index (χ0n) is 16.9. The smallest absolute Gasteiger partial charge is 0.239 e. The minimum Gasteiger partial charge on any atom is -0.508 e. The van der Waals surface area contributed by atoms with Crippen molar-refractivity contribution in [2.24, 2.45) is 0 Å². The Hall–Kier alpha value is -3.71. The minimum absolute atomic E-state index is 0.168. The Kier molecular flexibility index (Phi) is 5.46. The monoisotopic (exact) mass is 464 g/mol. The van der Waals surface area contributed by atoms with Gasteiger partial charge in [-0.05, 0) is 19.1 Å². The first-order valence-corrected chi connectivity index (χ1v) is 9.64. The van der Waals surface area contributed by atoms with Crippen LogP contribution in [0.25, 0.3) is 22.3 Å². The molecule has 1 aliphatic rings. The summed E-state index contributed by atoms with van der Waals surface area (Å²) in [6, 6.07) is 3.79. The van der Waals surface area contributed by atoms with Gasteiger partial charge < -0.3 is 54.7 Å². The first kappa shape index (κ1) is 22.5.